The zero-order chi connectivity index (χ0) is 14.1. The Morgan fingerprint density at radius 2 is 1.84 bits per heavy atom. The van der Waals surface area contributed by atoms with Gasteiger partial charge >= 0.3 is 0 Å². The van der Waals surface area contributed by atoms with Crippen LogP contribution in [-0.2, 0) is 5.41 Å². The second-order valence-electron chi connectivity index (χ2n) is 5.25. The van der Waals surface area contributed by atoms with Crippen LogP contribution in [0.25, 0.3) is 0 Å². The number of allylic oxidation sites excluding steroid dienone is 3. The van der Waals surface area contributed by atoms with Crippen LogP contribution in [0.4, 0.5) is 0 Å². The minimum atomic E-state index is -0.102. The zero-order valence-corrected chi connectivity index (χ0v) is 12.9. The smallest absolute Gasteiger partial charge is 0.0406 e. The largest absolute Gasteiger partial charge is 0.102 e. The normalized spacial score (nSPS) is 14.5. The fourth-order valence-electron chi connectivity index (χ4n) is 2.11. The molecule has 0 saturated carbocycles. The Balaban J connectivity index is 2.62. The predicted octanol–water partition coefficient (Wildman–Crippen LogP) is 6.31. The summed E-state index contributed by atoms with van der Waals surface area (Å²) in [5.74, 6) is 0. The molecule has 1 aromatic carbocycles. The Kier molecular flexibility index (Phi) is 6.94. The van der Waals surface area contributed by atoms with E-state index in [9.17, 15) is 0 Å². The van der Waals surface area contributed by atoms with Gasteiger partial charge in [0.2, 0.25) is 0 Å². The molecule has 0 radical (unpaired) electrons. The molecule has 0 aliphatic carbocycles. The van der Waals surface area contributed by atoms with Crippen LogP contribution in [0, 0.1) is 0 Å². The Morgan fingerprint density at radius 3 is 2.42 bits per heavy atom. The fraction of sp³-hybridized carbons (Fsp3) is 0.444. The Labute approximate surface area is 123 Å². The molecule has 0 nitrogen and oxygen atoms in total. The van der Waals surface area contributed by atoms with E-state index in [1.165, 1.54) is 31.2 Å². The van der Waals surface area contributed by atoms with Crippen LogP contribution >= 0.6 is 11.6 Å². The van der Waals surface area contributed by atoms with Crippen molar-refractivity contribution in [2.24, 2.45) is 0 Å². The molecule has 0 aromatic heterocycles. The Bertz CT molecular complexity index is 402. The summed E-state index contributed by atoms with van der Waals surface area (Å²) in [5.41, 5.74) is 1.13. The number of benzene rings is 1. The summed E-state index contributed by atoms with van der Waals surface area (Å²) in [6.45, 7) is 8.40. The average Bonchev–Trinajstić information content (AvgIpc) is 2.43. The summed E-state index contributed by atoms with van der Waals surface area (Å²) < 4.78 is 0. The van der Waals surface area contributed by atoms with Crippen LogP contribution in [0.5, 0.6) is 0 Å². The lowest BCUT2D eigenvalue weighted by Gasteiger charge is -2.22. The van der Waals surface area contributed by atoms with Gasteiger partial charge in [0.15, 0.2) is 0 Å². The monoisotopic (exact) mass is 276 g/mol. The van der Waals surface area contributed by atoms with E-state index in [4.69, 9.17) is 11.6 Å². The van der Waals surface area contributed by atoms with Crippen molar-refractivity contribution < 1.29 is 0 Å². The van der Waals surface area contributed by atoms with Gasteiger partial charge < -0.3 is 0 Å². The summed E-state index contributed by atoms with van der Waals surface area (Å²) in [6, 6.07) is 8.03. The molecule has 0 amide bonds. The highest BCUT2D eigenvalue weighted by Crippen LogP contribution is 2.28. The second kappa shape index (κ2) is 8.22. The van der Waals surface area contributed by atoms with Crippen LogP contribution in [0.2, 0.25) is 5.02 Å². The summed E-state index contributed by atoms with van der Waals surface area (Å²) in [5, 5.41) is 0.777. The van der Waals surface area contributed by atoms with Crippen molar-refractivity contribution in [2.75, 3.05) is 0 Å². The third kappa shape index (κ3) is 5.24. The van der Waals surface area contributed by atoms with Crippen LogP contribution < -0.4 is 0 Å². The highest BCUT2D eigenvalue weighted by atomic mass is 35.5. The van der Waals surface area contributed by atoms with E-state index >= 15 is 0 Å². The van der Waals surface area contributed by atoms with Gasteiger partial charge in [-0.15, -0.1) is 6.58 Å². The quantitative estimate of drug-likeness (QED) is 0.385. The molecule has 0 aliphatic rings. The van der Waals surface area contributed by atoms with Gasteiger partial charge in [0.05, 0.1) is 0 Å². The minimum absolute atomic E-state index is 0.102. The van der Waals surface area contributed by atoms with E-state index in [1.807, 2.05) is 18.2 Å². The fourth-order valence-corrected chi connectivity index (χ4v) is 2.23. The molecule has 0 heterocycles. The predicted molar refractivity (Wildman–Crippen MR) is 86.9 cm³/mol. The van der Waals surface area contributed by atoms with Crippen molar-refractivity contribution in [3.05, 3.63) is 59.7 Å². The van der Waals surface area contributed by atoms with Crippen LogP contribution in [0.15, 0.2) is 49.1 Å². The number of halogens is 1. The van der Waals surface area contributed by atoms with E-state index in [2.05, 4.69) is 44.7 Å². The van der Waals surface area contributed by atoms with Gasteiger partial charge in [-0.05, 0) is 37.5 Å². The van der Waals surface area contributed by atoms with E-state index < -0.39 is 0 Å². The van der Waals surface area contributed by atoms with Gasteiger partial charge in [0.1, 0.15) is 0 Å². The van der Waals surface area contributed by atoms with Gasteiger partial charge in [0, 0.05) is 10.4 Å². The lowest BCUT2D eigenvalue weighted by molar-refractivity contribution is 0.670. The molecule has 0 saturated heterocycles. The SMILES string of the molecule is C=C[C@](C)(/C=C/CCCCCC)c1ccc(Cl)cc1. The van der Waals surface area contributed by atoms with Crippen molar-refractivity contribution >= 4 is 11.6 Å². The number of hydrogen-bond donors (Lipinski definition) is 0. The molecule has 0 bridgehead atoms. The molecule has 0 fully saturated rings. The maximum absolute atomic E-state index is 5.94. The highest BCUT2D eigenvalue weighted by Gasteiger charge is 2.18. The number of unbranched alkanes of at least 4 members (excludes halogenated alkanes) is 4. The first-order valence-corrected chi connectivity index (χ1v) is 7.57. The van der Waals surface area contributed by atoms with Crippen molar-refractivity contribution in [1.82, 2.24) is 0 Å². The molecular weight excluding hydrogens is 252 g/mol. The van der Waals surface area contributed by atoms with Crippen LogP contribution in [0.1, 0.15) is 51.5 Å². The lowest BCUT2D eigenvalue weighted by Crippen LogP contribution is -2.14. The molecule has 104 valence electrons. The van der Waals surface area contributed by atoms with Crippen molar-refractivity contribution in [1.29, 1.82) is 0 Å². The first-order valence-electron chi connectivity index (χ1n) is 7.19. The molecular formula is C18H25Cl. The van der Waals surface area contributed by atoms with E-state index in [0.29, 0.717) is 0 Å². The van der Waals surface area contributed by atoms with Crippen molar-refractivity contribution in [3.8, 4) is 0 Å². The van der Waals surface area contributed by atoms with Gasteiger partial charge in [-0.1, -0.05) is 68.1 Å². The topological polar surface area (TPSA) is 0 Å². The van der Waals surface area contributed by atoms with Gasteiger partial charge in [-0.3, -0.25) is 0 Å². The van der Waals surface area contributed by atoms with Gasteiger partial charge in [0.25, 0.3) is 0 Å². The molecule has 19 heavy (non-hydrogen) atoms. The van der Waals surface area contributed by atoms with E-state index in [1.54, 1.807) is 0 Å². The highest BCUT2D eigenvalue weighted by molar-refractivity contribution is 6.30. The second-order valence-corrected chi connectivity index (χ2v) is 5.68. The third-order valence-electron chi connectivity index (χ3n) is 3.58. The van der Waals surface area contributed by atoms with E-state index in [0.717, 1.165) is 11.4 Å². The summed E-state index contributed by atoms with van der Waals surface area (Å²) in [7, 11) is 0. The molecule has 0 spiro atoms. The molecule has 0 N–H and O–H groups in total. The number of hydrogen-bond acceptors (Lipinski definition) is 0. The van der Waals surface area contributed by atoms with Crippen LogP contribution in [0.3, 0.4) is 0 Å². The molecule has 1 rings (SSSR count). The molecule has 1 atom stereocenters. The minimum Gasteiger partial charge on any atom is -0.102 e. The lowest BCUT2D eigenvalue weighted by atomic mass is 9.82. The van der Waals surface area contributed by atoms with Crippen molar-refractivity contribution in [3.63, 3.8) is 0 Å². The first-order chi connectivity index (χ1) is 9.12. The Morgan fingerprint density at radius 1 is 1.16 bits per heavy atom. The maximum atomic E-state index is 5.94. The zero-order valence-electron chi connectivity index (χ0n) is 12.2. The molecule has 1 heteroatoms. The van der Waals surface area contributed by atoms with Gasteiger partial charge in [-0.2, -0.15) is 0 Å². The van der Waals surface area contributed by atoms with Gasteiger partial charge in [-0.25, -0.2) is 0 Å². The molecule has 1 aromatic rings. The maximum Gasteiger partial charge on any atom is 0.0406 e. The summed E-state index contributed by atoms with van der Waals surface area (Å²) in [4.78, 5) is 0. The molecule has 0 unspecified atom stereocenters. The summed E-state index contributed by atoms with van der Waals surface area (Å²) >= 11 is 5.94. The average molecular weight is 277 g/mol. The van der Waals surface area contributed by atoms with Crippen molar-refractivity contribution in [2.45, 2.75) is 51.4 Å². The standard InChI is InChI=1S/C18H25Cl/c1-4-6-7-8-9-10-15-18(3,5-2)16-11-13-17(19)14-12-16/h5,10-15H,2,4,6-9H2,1,3H3/b15-10+/t18-/m1/s1. The molecule has 0 aliphatic heterocycles. The summed E-state index contributed by atoms with van der Waals surface area (Å²) in [6.07, 6.45) is 12.9. The number of rotatable bonds is 8. The Hall–Kier alpha value is -1.01. The van der Waals surface area contributed by atoms with Crippen LogP contribution in [-0.4, -0.2) is 0 Å². The third-order valence-corrected chi connectivity index (χ3v) is 3.83. The van der Waals surface area contributed by atoms with E-state index in [-0.39, 0.29) is 5.41 Å². The first kappa shape index (κ1) is 16.0.